The lowest BCUT2D eigenvalue weighted by molar-refractivity contribution is -0.214. The molecule has 3 aliphatic rings. The summed E-state index contributed by atoms with van der Waals surface area (Å²) >= 11 is 0. The van der Waals surface area contributed by atoms with Gasteiger partial charge >= 0.3 is 5.97 Å². The Labute approximate surface area is 256 Å². The van der Waals surface area contributed by atoms with Crippen LogP contribution in [-0.2, 0) is 28.5 Å². The quantitative estimate of drug-likeness (QED) is 0.339. The zero-order valence-electron chi connectivity index (χ0n) is 27.7. The zero-order chi connectivity index (χ0) is 32.9. The van der Waals surface area contributed by atoms with Gasteiger partial charge in [0.25, 0.3) is 5.97 Å². The molecule has 1 aromatic carbocycles. The average molecular weight is 605 g/mol. The summed E-state index contributed by atoms with van der Waals surface area (Å²) < 4.78 is 24.5. The molecule has 242 valence electrons. The number of rotatable bonds is 4. The number of aliphatic carboxylic acids is 1. The number of fused-ring (bicyclic) bond motifs is 3. The van der Waals surface area contributed by atoms with Crippen molar-refractivity contribution in [3.8, 4) is 0 Å². The molecule has 0 aromatic heterocycles. The van der Waals surface area contributed by atoms with Crippen LogP contribution in [0.15, 0.2) is 41.5 Å². The Bertz CT molecular complexity index is 1160. The predicted octanol–water partition coefficient (Wildman–Crippen LogP) is 5.49. The number of carbonyl (C=O) groups is 3. The van der Waals surface area contributed by atoms with Gasteiger partial charge in [0.1, 0.15) is 17.8 Å². The van der Waals surface area contributed by atoms with Gasteiger partial charge < -0.3 is 29.2 Å². The van der Waals surface area contributed by atoms with Gasteiger partial charge in [-0.2, -0.15) is 0 Å². The SMILES string of the molecule is CC.CC(=O)O.CO[C@H]1C(=O)[C@]2(C)[C@@H](OC)C[C@H](C)OC[C@H]2[C@H](OC(=O)c2ccccc2)[C@]2(O)C[C@H](C)C(C)=C1C2(C)C. The summed E-state index contributed by atoms with van der Waals surface area (Å²) in [4.78, 5) is 37.2. The number of carboxylic acid groups (broad SMARTS) is 1. The zero-order valence-corrected chi connectivity index (χ0v) is 27.7. The first kappa shape index (κ1) is 36.6. The number of benzene rings is 1. The number of carboxylic acids is 1. The molecule has 1 heterocycles. The lowest BCUT2D eigenvalue weighted by Crippen LogP contribution is -2.70. The number of carbonyl (C=O) groups excluding carboxylic acids is 2. The summed E-state index contributed by atoms with van der Waals surface area (Å²) in [5, 5.41) is 20.2. The van der Waals surface area contributed by atoms with Crippen molar-refractivity contribution in [3.63, 3.8) is 0 Å². The number of Topliss-reactive ketones (excluding diaryl/α,β-unsaturated/α-hetero) is 1. The maximum absolute atomic E-state index is 14.6. The maximum Gasteiger partial charge on any atom is 0.338 e. The monoisotopic (exact) mass is 604 g/mol. The van der Waals surface area contributed by atoms with E-state index in [0.717, 1.165) is 18.1 Å². The second kappa shape index (κ2) is 14.5. The van der Waals surface area contributed by atoms with Crippen molar-refractivity contribution in [2.45, 2.75) is 105 Å². The van der Waals surface area contributed by atoms with Crippen LogP contribution >= 0.6 is 0 Å². The van der Waals surface area contributed by atoms with Crippen LogP contribution in [0, 0.1) is 22.7 Å². The molecule has 8 atom stereocenters. The third kappa shape index (κ3) is 6.75. The van der Waals surface area contributed by atoms with Crippen molar-refractivity contribution < 1.29 is 43.5 Å². The maximum atomic E-state index is 14.6. The van der Waals surface area contributed by atoms with Crippen molar-refractivity contribution in [1.82, 2.24) is 0 Å². The minimum absolute atomic E-state index is 0.0513. The molecule has 1 saturated heterocycles. The summed E-state index contributed by atoms with van der Waals surface area (Å²) in [6.45, 7) is 16.9. The molecule has 2 aliphatic carbocycles. The van der Waals surface area contributed by atoms with E-state index < -0.39 is 52.6 Å². The molecule has 2 fully saturated rings. The van der Waals surface area contributed by atoms with Crippen LogP contribution < -0.4 is 0 Å². The fourth-order valence-electron chi connectivity index (χ4n) is 7.16. The van der Waals surface area contributed by atoms with E-state index in [1.165, 1.54) is 0 Å². The molecule has 4 rings (SSSR count). The van der Waals surface area contributed by atoms with Crippen LogP contribution in [0.25, 0.3) is 0 Å². The summed E-state index contributed by atoms with van der Waals surface area (Å²) in [6.07, 6.45) is -1.75. The smallest absolute Gasteiger partial charge is 0.338 e. The molecule has 0 spiro atoms. The number of ketones is 1. The van der Waals surface area contributed by atoms with Gasteiger partial charge in [0, 0.05) is 38.9 Å². The van der Waals surface area contributed by atoms with Crippen molar-refractivity contribution >= 4 is 17.7 Å². The van der Waals surface area contributed by atoms with E-state index in [9.17, 15) is 14.7 Å². The number of hydrogen-bond acceptors (Lipinski definition) is 8. The van der Waals surface area contributed by atoms with Gasteiger partial charge in [0.15, 0.2) is 5.78 Å². The van der Waals surface area contributed by atoms with Crippen molar-refractivity contribution in [3.05, 3.63) is 47.0 Å². The molecule has 9 nitrogen and oxygen atoms in total. The second-order valence-corrected chi connectivity index (χ2v) is 12.4. The summed E-state index contributed by atoms with van der Waals surface area (Å²) in [7, 11) is 3.14. The molecule has 2 N–H and O–H groups in total. The Hall–Kier alpha value is -2.59. The first-order valence-corrected chi connectivity index (χ1v) is 15.2. The third-order valence-corrected chi connectivity index (χ3v) is 9.71. The number of aliphatic hydroxyl groups is 1. The van der Waals surface area contributed by atoms with E-state index >= 15 is 0 Å². The van der Waals surface area contributed by atoms with E-state index in [1.807, 2.05) is 61.5 Å². The highest BCUT2D eigenvalue weighted by molar-refractivity contribution is 5.93. The molecule has 0 radical (unpaired) electrons. The number of esters is 1. The van der Waals surface area contributed by atoms with Gasteiger partial charge in [0.05, 0.1) is 29.8 Å². The van der Waals surface area contributed by atoms with Gasteiger partial charge in [-0.3, -0.25) is 9.59 Å². The topological polar surface area (TPSA) is 129 Å². The molecular weight excluding hydrogens is 552 g/mol. The molecule has 0 unspecified atom stereocenters. The van der Waals surface area contributed by atoms with Gasteiger partial charge in [-0.25, -0.2) is 4.79 Å². The minimum Gasteiger partial charge on any atom is -0.481 e. The van der Waals surface area contributed by atoms with Gasteiger partial charge in [-0.05, 0) is 50.8 Å². The molecule has 43 heavy (non-hydrogen) atoms. The third-order valence-electron chi connectivity index (χ3n) is 9.71. The molecule has 2 bridgehead atoms. The van der Waals surface area contributed by atoms with Crippen LogP contribution in [0.2, 0.25) is 0 Å². The molecular formula is C34H52O9. The summed E-state index contributed by atoms with van der Waals surface area (Å²) in [5.74, 6) is -2.23. The van der Waals surface area contributed by atoms with Gasteiger partial charge in [-0.15, -0.1) is 0 Å². The van der Waals surface area contributed by atoms with E-state index in [-0.39, 0.29) is 24.4 Å². The Balaban J connectivity index is 0.000000993. The summed E-state index contributed by atoms with van der Waals surface area (Å²) in [5.41, 5.74) is -1.41. The molecule has 0 amide bonds. The minimum atomic E-state index is -1.50. The lowest BCUT2D eigenvalue weighted by atomic mass is 9.49. The molecule has 1 aliphatic heterocycles. The first-order chi connectivity index (χ1) is 20.1. The van der Waals surface area contributed by atoms with Crippen LogP contribution in [0.3, 0.4) is 0 Å². The Kier molecular flexibility index (Phi) is 12.3. The fraction of sp³-hybridized carbons (Fsp3) is 0.676. The van der Waals surface area contributed by atoms with E-state index in [1.54, 1.807) is 38.5 Å². The van der Waals surface area contributed by atoms with Crippen molar-refractivity contribution in [1.29, 1.82) is 0 Å². The van der Waals surface area contributed by atoms with E-state index in [2.05, 4.69) is 0 Å². The Morgan fingerprint density at radius 3 is 2.09 bits per heavy atom. The van der Waals surface area contributed by atoms with Crippen molar-refractivity contribution in [2.75, 3.05) is 20.8 Å². The van der Waals surface area contributed by atoms with Gasteiger partial charge in [0.2, 0.25) is 0 Å². The number of hydrogen-bond donors (Lipinski definition) is 2. The summed E-state index contributed by atoms with van der Waals surface area (Å²) in [6, 6.07) is 8.75. The normalized spacial score (nSPS) is 34.9. The largest absolute Gasteiger partial charge is 0.481 e. The Morgan fingerprint density at radius 1 is 1.02 bits per heavy atom. The first-order valence-electron chi connectivity index (χ1n) is 15.2. The number of allylic oxidation sites excluding steroid dienone is 1. The highest BCUT2D eigenvalue weighted by Crippen LogP contribution is 2.59. The highest BCUT2D eigenvalue weighted by Gasteiger charge is 2.68. The fourth-order valence-corrected chi connectivity index (χ4v) is 7.16. The van der Waals surface area contributed by atoms with E-state index in [0.29, 0.717) is 18.4 Å². The Morgan fingerprint density at radius 2 is 1.58 bits per heavy atom. The van der Waals surface area contributed by atoms with Crippen LogP contribution in [-0.4, -0.2) is 78.8 Å². The van der Waals surface area contributed by atoms with Crippen molar-refractivity contribution in [2.24, 2.45) is 22.7 Å². The molecule has 9 heteroatoms. The number of ether oxygens (including phenoxy) is 4. The lowest BCUT2D eigenvalue weighted by Gasteiger charge is -2.60. The second-order valence-electron chi connectivity index (χ2n) is 12.4. The van der Waals surface area contributed by atoms with Crippen LogP contribution in [0.5, 0.6) is 0 Å². The van der Waals surface area contributed by atoms with E-state index in [4.69, 9.17) is 28.8 Å². The highest BCUT2D eigenvalue weighted by atomic mass is 16.6. The average Bonchev–Trinajstić information content (AvgIpc) is 3.09. The van der Waals surface area contributed by atoms with Crippen LogP contribution in [0.4, 0.5) is 0 Å². The molecule has 1 saturated carbocycles. The van der Waals surface area contributed by atoms with Crippen LogP contribution in [0.1, 0.15) is 85.5 Å². The molecule has 1 aromatic rings. The van der Waals surface area contributed by atoms with Gasteiger partial charge in [-0.1, -0.05) is 58.4 Å². The predicted molar refractivity (Wildman–Crippen MR) is 164 cm³/mol. The standard InChI is InChI=1S/C30H42O7.C2H4O2.C2H6/c1-17-15-30(33)26(37-27(32)20-12-10-9-11-13-20)21-16-36-18(2)14-22(34-7)29(21,6)25(31)24(35-8)23(19(17)3)28(30,4)5;1-2(3)4;1-2/h9-13,17-18,21-22,24,26,33H,14-16H2,1-8H3;1H3,(H,3,4);1-2H3/t17-,18-,21-,22-,24+,26-,29-,30+;;/m0../s1. The number of methoxy groups -OCH3 is 2.